The standard InChI is InChI=1S/C16H24BrN3/c1-18-11-13-2-3-14(16(17)10-13)12-19-6-8-20(9-7-19)15-4-5-15/h2-3,10,15,18H,4-9,11-12H2,1H3. The number of hydrogen-bond donors (Lipinski definition) is 1. The lowest BCUT2D eigenvalue weighted by Crippen LogP contribution is -2.46. The molecule has 1 saturated carbocycles. The number of hydrogen-bond acceptors (Lipinski definition) is 3. The summed E-state index contributed by atoms with van der Waals surface area (Å²) >= 11 is 3.72. The van der Waals surface area contributed by atoms with Gasteiger partial charge in [-0.2, -0.15) is 0 Å². The highest BCUT2D eigenvalue weighted by atomic mass is 79.9. The Morgan fingerprint density at radius 1 is 1.20 bits per heavy atom. The topological polar surface area (TPSA) is 18.5 Å². The Kier molecular flexibility index (Phi) is 4.76. The quantitative estimate of drug-likeness (QED) is 0.890. The summed E-state index contributed by atoms with van der Waals surface area (Å²) in [5.41, 5.74) is 2.74. The fraction of sp³-hybridized carbons (Fsp3) is 0.625. The van der Waals surface area contributed by atoms with Crippen LogP contribution in [-0.4, -0.2) is 49.1 Å². The van der Waals surface area contributed by atoms with E-state index in [1.165, 1.54) is 54.6 Å². The highest BCUT2D eigenvalue weighted by Gasteiger charge is 2.31. The van der Waals surface area contributed by atoms with Crippen LogP contribution in [0.25, 0.3) is 0 Å². The Hall–Kier alpha value is -0.420. The van der Waals surface area contributed by atoms with E-state index in [0.29, 0.717) is 0 Å². The predicted molar refractivity (Wildman–Crippen MR) is 86.8 cm³/mol. The third-order valence-corrected chi connectivity index (χ3v) is 5.10. The number of rotatable bonds is 5. The van der Waals surface area contributed by atoms with Crippen LogP contribution in [0.4, 0.5) is 0 Å². The van der Waals surface area contributed by atoms with Crippen molar-refractivity contribution in [3.05, 3.63) is 33.8 Å². The van der Waals surface area contributed by atoms with E-state index in [2.05, 4.69) is 49.2 Å². The van der Waals surface area contributed by atoms with E-state index in [1.54, 1.807) is 0 Å². The van der Waals surface area contributed by atoms with Crippen molar-refractivity contribution in [1.29, 1.82) is 0 Å². The summed E-state index contributed by atoms with van der Waals surface area (Å²) in [5.74, 6) is 0. The molecule has 2 aliphatic rings. The lowest BCUT2D eigenvalue weighted by Gasteiger charge is -2.35. The highest BCUT2D eigenvalue weighted by molar-refractivity contribution is 9.10. The normalized spacial score (nSPS) is 21.3. The molecule has 2 fully saturated rings. The fourth-order valence-corrected chi connectivity index (χ4v) is 3.55. The Balaban J connectivity index is 1.55. The zero-order valence-corrected chi connectivity index (χ0v) is 13.8. The minimum atomic E-state index is 0.921. The minimum absolute atomic E-state index is 0.921. The first-order chi connectivity index (χ1) is 9.76. The summed E-state index contributed by atoms with van der Waals surface area (Å²) in [4.78, 5) is 5.25. The molecule has 1 heterocycles. The summed E-state index contributed by atoms with van der Waals surface area (Å²) in [7, 11) is 1.99. The van der Waals surface area contributed by atoms with Crippen LogP contribution < -0.4 is 5.32 Å². The highest BCUT2D eigenvalue weighted by Crippen LogP contribution is 2.28. The molecule has 1 aromatic rings. The van der Waals surface area contributed by atoms with E-state index in [0.717, 1.165) is 19.1 Å². The molecule has 1 N–H and O–H groups in total. The average molecular weight is 338 g/mol. The monoisotopic (exact) mass is 337 g/mol. The van der Waals surface area contributed by atoms with Gasteiger partial charge in [0.05, 0.1) is 0 Å². The average Bonchev–Trinajstić information content (AvgIpc) is 3.28. The second kappa shape index (κ2) is 6.56. The van der Waals surface area contributed by atoms with Crippen LogP contribution in [0.3, 0.4) is 0 Å². The smallest absolute Gasteiger partial charge is 0.0246 e. The first-order valence-corrected chi connectivity index (χ1v) is 8.44. The number of nitrogens with one attached hydrogen (secondary N) is 1. The second-order valence-corrected chi connectivity index (χ2v) is 6.85. The Labute approximate surface area is 130 Å². The van der Waals surface area contributed by atoms with E-state index < -0.39 is 0 Å². The molecule has 0 unspecified atom stereocenters. The molecule has 0 atom stereocenters. The molecule has 20 heavy (non-hydrogen) atoms. The Morgan fingerprint density at radius 2 is 1.95 bits per heavy atom. The summed E-state index contributed by atoms with van der Waals surface area (Å²) in [6.07, 6.45) is 2.86. The molecule has 0 bridgehead atoms. The van der Waals surface area contributed by atoms with Crippen LogP contribution in [0.2, 0.25) is 0 Å². The fourth-order valence-electron chi connectivity index (χ4n) is 3.00. The molecule has 3 nitrogen and oxygen atoms in total. The third-order valence-electron chi connectivity index (χ3n) is 4.36. The summed E-state index contributed by atoms with van der Waals surface area (Å²) in [5, 5.41) is 3.20. The molecule has 0 spiro atoms. The van der Waals surface area contributed by atoms with E-state index in [1.807, 2.05) is 7.05 Å². The van der Waals surface area contributed by atoms with Gasteiger partial charge < -0.3 is 5.32 Å². The van der Waals surface area contributed by atoms with E-state index in [4.69, 9.17) is 0 Å². The molecule has 1 aliphatic heterocycles. The molecular weight excluding hydrogens is 314 g/mol. The second-order valence-electron chi connectivity index (χ2n) is 6.00. The predicted octanol–water partition coefficient (Wildman–Crippen LogP) is 2.45. The van der Waals surface area contributed by atoms with E-state index >= 15 is 0 Å². The number of piperazine rings is 1. The van der Waals surface area contributed by atoms with Crippen molar-refractivity contribution in [2.24, 2.45) is 0 Å². The van der Waals surface area contributed by atoms with Gasteiger partial charge in [0.25, 0.3) is 0 Å². The lowest BCUT2D eigenvalue weighted by molar-refractivity contribution is 0.121. The Morgan fingerprint density at radius 3 is 2.55 bits per heavy atom. The van der Waals surface area contributed by atoms with Gasteiger partial charge in [0, 0.05) is 49.8 Å². The van der Waals surface area contributed by atoms with E-state index in [-0.39, 0.29) is 0 Å². The summed E-state index contributed by atoms with van der Waals surface area (Å²) < 4.78 is 1.25. The third kappa shape index (κ3) is 3.61. The molecule has 3 rings (SSSR count). The van der Waals surface area contributed by atoms with Crippen LogP contribution in [0, 0.1) is 0 Å². The maximum absolute atomic E-state index is 3.72. The first kappa shape index (κ1) is 14.5. The molecular formula is C16H24BrN3. The maximum Gasteiger partial charge on any atom is 0.0246 e. The summed E-state index contributed by atoms with van der Waals surface area (Å²) in [6, 6.07) is 7.66. The van der Waals surface area contributed by atoms with Crippen molar-refractivity contribution in [1.82, 2.24) is 15.1 Å². The van der Waals surface area contributed by atoms with Crippen molar-refractivity contribution in [2.45, 2.75) is 32.0 Å². The van der Waals surface area contributed by atoms with Crippen LogP contribution in [0.15, 0.2) is 22.7 Å². The Bertz CT molecular complexity index is 451. The minimum Gasteiger partial charge on any atom is -0.316 e. The van der Waals surface area contributed by atoms with Crippen molar-refractivity contribution in [3.63, 3.8) is 0 Å². The molecule has 1 aromatic carbocycles. The van der Waals surface area contributed by atoms with Crippen molar-refractivity contribution in [2.75, 3.05) is 33.2 Å². The molecule has 1 aliphatic carbocycles. The van der Waals surface area contributed by atoms with Gasteiger partial charge in [-0.25, -0.2) is 0 Å². The van der Waals surface area contributed by atoms with Gasteiger partial charge >= 0.3 is 0 Å². The van der Waals surface area contributed by atoms with Crippen molar-refractivity contribution in [3.8, 4) is 0 Å². The van der Waals surface area contributed by atoms with Gasteiger partial charge in [-0.15, -0.1) is 0 Å². The van der Waals surface area contributed by atoms with Gasteiger partial charge in [0.1, 0.15) is 0 Å². The zero-order chi connectivity index (χ0) is 13.9. The summed E-state index contributed by atoms with van der Waals surface area (Å²) in [6.45, 7) is 6.92. The molecule has 0 aromatic heterocycles. The van der Waals surface area contributed by atoms with Gasteiger partial charge in [0.2, 0.25) is 0 Å². The number of nitrogens with zero attached hydrogens (tertiary/aromatic N) is 2. The molecule has 0 amide bonds. The molecule has 110 valence electrons. The zero-order valence-electron chi connectivity index (χ0n) is 12.2. The number of benzene rings is 1. The first-order valence-electron chi connectivity index (χ1n) is 7.64. The van der Waals surface area contributed by atoms with Crippen LogP contribution >= 0.6 is 15.9 Å². The molecule has 0 radical (unpaired) electrons. The SMILES string of the molecule is CNCc1ccc(CN2CCN(C3CC3)CC2)c(Br)c1. The molecule has 1 saturated heterocycles. The van der Waals surface area contributed by atoms with Crippen LogP contribution in [0.5, 0.6) is 0 Å². The van der Waals surface area contributed by atoms with E-state index in [9.17, 15) is 0 Å². The van der Waals surface area contributed by atoms with Crippen LogP contribution in [0.1, 0.15) is 24.0 Å². The van der Waals surface area contributed by atoms with Crippen molar-refractivity contribution < 1.29 is 0 Å². The maximum atomic E-state index is 3.72. The number of halogens is 1. The van der Waals surface area contributed by atoms with Gasteiger partial charge in [-0.05, 0) is 37.1 Å². The van der Waals surface area contributed by atoms with Crippen LogP contribution in [-0.2, 0) is 13.1 Å². The van der Waals surface area contributed by atoms with Crippen molar-refractivity contribution >= 4 is 15.9 Å². The lowest BCUT2D eigenvalue weighted by atomic mass is 10.1. The van der Waals surface area contributed by atoms with Gasteiger partial charge in [-0.1, -0.05) is 28.1 Å². The van der Waals surface area contributed by atoms with Gasteiger partial charge in [0.15, 0.2) is 0 Å². The molecule has 4 heteroatoms. The largest absolute Gasteiger partial charge is 0.316 e. The van der Waals surface area contributed by atoms with Gasteiger partial charge in [-0.3, -0.25) is 9.80 Å².